The van der Waals surface area contributed by atoms with Gasteiger partial charge in [0.1, 0.15) is 0 Å². The molecule has 0 aromatic carbocycles. The van der Waals surface area contributed by atoms with E-state index in [1.165, 1.54) is 0 Å². The van der Waals surface area contributed by atoms with E-state index < -0.39 is 6.43 Å². The molecule has 1 fully saturated rings. The lowest BCUT2D eigenvalue weighted by atomic mass is 9.72. The molecule has 0 nitrogen and oxygen atoms in total. The lowest BCUT2D eigenvalue weighted by Gasteiger charge is -2.34. The predicted molar refractivity (Wildman–Crippen MR) is 41.7 cm³/mol. The number of rotatable bonds is 1. The van der Waals surface area contributed by atoms with E-state index in [1.807, 2.05) is 0 Å². The average Bonchev–Trinajstić information content (AvgIpc) is 1.85. The average molecular weight is 162 g/mol. The predicted octanol–water partition coefficient (Wildman–Crippen LogP) is 3.47. The molecule has 0 spiro atoms. The highest BCUT2D eigenvalue weighted by Crippen LogP contribution is 2.40. The van der Waals surface area contributed by atoms with Gasteiger partial charge in [-0.3, -0.25) is 0 Å². The maximum absolute atomic E-state index is 12.3. The Kier molecular flexibility index (Phi) is 2.50. The molecule has 0 amide bonds. The summed E-state index contributed by atoms with van der Waals surface area (Å²) in [6, 6.07) is 0. The molecule has 0 aliphatic heterocycles. The number of halogens is 2. The van der Waals surface area contributed by atoms with Gasteiger partial charge in [0.05, 0.1) is 0 Å². The molecule has 1 atom stereocenters. The Morgan fingerprint density at radius 2 is 2.00 bits per heavy atom. The van der Waals surface area contributed by atoms with E-state index in [0.717, 1.165) is 19.3 Å². The van der Waals surface area contributed by atoms with Gasteiger partial charge in [0, 0.05) is 5.92 Å². The Hall–Kier alpha value is -0.140. The van der Waals surface area contributed by atoms with Crippen LogP contribution < -0.4 is 0 Å². The van der Waals surface area contributed by atoms with Crippen LogP contribution in [0.3, 0.4) is 0 Å². The van der Waals surface area contributed by atoms with Gasteiger partial charge < -0.3 is 0 Å². The lowest BCUT2D eigenvalue weighted by molar-refractivity contribution is 0.0229. The van der Waals surface area contributed by atoms with Gasteiger partial charge in [0.25, 0.3) is 0 Å². The quantitative estimate of drug-likeness (QED) is 0.553. The number of hydrogen-bond donors (Lipinski definition) is 0. The summed E-state index contributed by atoms with van der Waals surface area (Å²) >= 11 is 0. The standard InChI is InChI=1S/C9H16F2/c1-9(2)5-3-4-7(6-9)8(10)11/h7-8H,3-6H2,1-2H3/t7-/m0/s1. The summed E-state index contributed by atoms with van der Waals surface area (Å²) in [5, 5.41) is 0. The van der Waals surface area contributed by atoms with Crippen molar-refractivity contribution >= 4 is 0 Å². The third-order valence-corrected chi connectivity index (χ3v) is 2.60. The van der Waals surface area contributed by atoms with Crippen molar-refractivity contribution in [3.63, 3.8) is 0 Å². The molecular weight excluding hydrogens is 146 g/mol. The molecule has 1 aliphatic rings. The summed E-state index contributed by atoms with van der Waals surface area (Å²) in [5.41, 5.74) is 0.152. The first kappa shape index (κ1) is 8.95. The zero-order chi connectivity index (χ0) is 8.48. The molecule has 2 heteroatoms. The zero-order valence-corrected chi connectivity index (χ0v) is 7.24. The Morgan fingerprint density at radius 1 is 1.36 bits per heavy atom. The molecule has 0 aromatic heterocycles. The summed E-state index contributed by atoms with van der Waals surface area (Å²) in [4.78, 5) is 0. The monoisotopic (exact) mass is 162 g/mol. The molecule has 1 saturated carbocycles. The minimum Gasteiger partial charge on any atom is -0.210 e. The highest BCUT2D eigenvalue weighted by Gasteiger charge is 2.32. The zero-order valence-electron chi connectivity index (χ0n) is 7.24. The van der Waals surface area contributed by atoms with Gasteiger partial charge in [-0.15, -0.1) is 0 Å². The second-order valence-corrected chi connectivity index (χ2v) is 4.36. The van der Waals surface area contributed by atoms with Crippen molar-refractivity contribution in [3.05, 3.63) is 0 Å². The third-order valence-electron chi connectivity index (χ3n) is 2.60. The highest BCUT2D eigenvalue weighted by molar-refractivity contribution is 4.80. The minimum absolute atomic E-state index is 0.152. The molecule has 0 bridgehead atoms. The summed E-state index contributed by atoms with van der Waals surface area (Å²) in [6.45, 7) is 4.17. The maximum atomic E-state index is 12.3. The Labute approximate surface area is 67.0 Å². The van der Waals surface area contributed by atoms with E-state index in [0.29, 0.717) is 6.42 Å². The summed E-state index contributed by atoms with van der Waals surface area (Å²) in [6.07, 6.45) is 1.40. The van der Waals surface area contributed by atoms with Crippen molar-refractivity contribution < 1.29 is 8.78 Å². The van der Waals surface area contributed by atoms with Crippen LogP contribution in [0.2, 0.25) is 0 Å². The van der Waals surface area contributed by atoms with Crippen LogP contribution in [0.5, 0.6) is 0 Å². The normalized spacial score (nSPS) is 30.8. The van der Waals surface area contributed by atoms with Crippen LogP contribution in [0, 0.1) is 11.3 Å². The van der Waals surface area contributed by atoms with Crippen molar-refractivity contribution in [1.82, 2.24) is 0 Å². The van der Waals surface area contributed by atoms with E-state index >= 15 is 0 Å². The highest BCUT2D eigenvalue weighted by atomic mass is 19.3. The first-order chi connectivity index (χ1) is 5.01. The van der Waals surface area contributed by atoms with Crippen LogP contribution in [-0.4, -0.2) is 6.43 Å². The van der Waals surface area contributed by atoms with Crippen LogP contribution in [0.15, 0.2) is 0 Å². The fourth-order valence-corrected chi connectivity index (χ4v) is 1.97. The molecule has 0 saturated heterocycles. The molecule has 0 N–H and O–H groups in total. The van der Waals surface area contributed by atoms with Gasteiger partial charge >= 0.3 is 0 Å². The molecule has 11 heavy (non-hydrogen) atoms. The van der Waals surface area contributed by atoms with Gasteiger partial charge in [-0.1, -0.05) is 20.3 Å². The van der Waals surface area contributed by atoms with Crippen molar-refractivity contribution in [2.75, 3.05) is 0 Å². The topological polar surface area (TPSA) is 0 Å². The van der Waals surface area contributed by atoms with Crippen LogP contribution in [0.4, 0.5) is 8.78 Å². The SMILES string of the molecule is CC1(C)CCC[C@H](C(F)F)C1. The Morgan fingerprint density at radius 3 is 2.36 bits per heavy atom. The van der Waals surface area contributed by atoms with Gasteiger partial charge in [0.15, 0.2) is 0 Å². The van der Waals surface area contributed by atoms with Gasteiger partial charge in [-0.25, -0.2) is 8.78 Å². The first-order valence-electron chi connectivity index (χ1n) is 4.29. The van der Waals surface area contributed by atoms with Crippen LogP contribution in [0.25, 0.3) is 0 Å². The van der Waals surface area contributed by atoms with Crippen molar-refractivity contribution in [1.29, 1.82) is 0 Å². The molecule has 66 valence electrons. The lowest BCUT2D eigenvalue weighted by Crippen LogP contribution is -2.26. The van der Waals surface area contributed by atoms with Gasteiger partial charge in [-0.05, 0) is 24.7 Å². The minimum atomic E-state index is -2.10. The summed E-state index contributed by atoms with van der Waals surface area (Å²) in [5.74, 6) is -0.334. The van der Waals surface area contributed by atoms with Crippen molar-refractivity contribution in [2.45, 2.75) is 46.0 Å². The van der Waals surface area contributed by atoms with E-state index in [-0.39, 0.29) is 11.3 Å². The molecule has 0 radical (unpaired) electrons. The van der Waals surface area contributed by atoms with Gasteiger partial charge in [-0.2, -0.15) is 0 Å². The largest absolute Gasteiger partial charge is 0.241 e. The van der Waals surface area contributed by atoms with Crippen LogP contribution in [-0.2, 0) is 0 Å². The number of hydrogen-bond acceptors (Lipinski definition) is 0. The van der Waals surface area contributed by atoms with E-state index in [9.17, 15) is 8.78 Å². The van der Waals surface area contributed by atoms with Crippen LogP contribution in [0.1, 0.15) is 39.5 Å². The fourth-order valence-electron chi connectivity index (χ4n) is 1.97. The fraction of sp³-hybridized carbons (Fsp3) is 1.00. The Balaban J connectivity index is 2.46. The number of alkyl halides is 2. The summed E-state index contributed by atoms with van der Waals surface area (Å²) in [7, 11) is 0. The molecule has 0 unspecified atom stereocenters. The first-order valence-corrected chi connectivity index (χ1v) is 4.29. The second-order valence-electron chi connectivity index (χ2n) is 4.36. The smallest absolute Gasteiger partial charge is 0.210 e. The van der Waals surface area contributed by atoms with Gasteiger partial charge in [0.2, 0.25) is 6.43 Å². The van der Waals surface area contributed by atoms with Crippen molar-refractivity contribution in [3.8, 4) is 0 Å². The molecule has 1 aliphatic carbocycles. The Bertz CT molecular complexity index is 130. The van der Waals surface area contributed by atoms with Crippen LogP contribution >= 0.6 is 0 Å². The third kappa shape index (κ3) is 2.42. The molecule has 0 aromatic rings. The maximum Gasteiger partial charge on any atom is 0.241 e. The van der Waals surface area contributed by atoms with Crippen molar-refractivity contribution in [2.24, 2.45) is 11.3 Å². The van der Waals surface area contributed by atoms with E-state index in [4.69, 9.17) is 0 Å². The molecule has 1 rings (SSSR count). The van der Waals surface area contributed by atoms with E-state index in [1.54, 1.807) is 0 Å². The molecular formula is C9H16F2. The van der Waals surface area contributed by atoms with E-state index in [2.05, 4.69) is 13.8 Å². The second kappa shape index (κ2) is 3.08. The molecule has 0 heterocycles. The summed E-state index contributed by atoms with van der Waals surface area (Å²) < 4.78 is 24.5.